The van der Waals surface area contributed by atoms with Crippen molar-refractivity contribution in [2.24, 2.45) is 0 Å². The van der Waals surface area contributed by atoms with E-state index < -0.39 is 0 Å². The summed E-state index contributed by atoms with van der Waals surface area (Å²) in [7, 11) is 0. The van der Waals surface area contributed by atoms with E-state index in [0.29, 0.717) is 22.3 Å². The standard InChI is InChI=1S/C21H21ClN2O2S/c1-13-10-14(2)19-18(11-13)23-21(27-19)24(12-15-6-5-9-26-15)20(25)16-7-3-4-8-17(16)22/h3-4,7-8,10-11,15H,5-6,9,12H2,1-2H3. The fraction of sp³-hybridized carbons (Fsp3) is 0.333. The molecule has 2 heterocycles. The second-order valence-corrected chi connectivity index (χ2v) is 8.34. The number of anilines is 1. The minimum atomic E-state index is -0.135. The first-order valence-corrected chi connectivity index (χ1v) is 10.3. The average molecular weight is 401 g/mol. The van der Waals surface area contributed by atoms with Crippen LogP contribution in [0, 0.1) is 13.8 Å². The first-order chi connectivity index (χ1) is 13.0. The molecule has 0 radical (unpaired) electrons. The first kappa shape index (κ1) is 18.4. The monoisotopic (exact) mass is 400 g/mol. The van der Waals surface area contributed by atoms with Gasteiger partial charge in [0.2, 0.25) is 0 Å². The van der Waals surface area contributed by atoms with Crippen molar-refractivity contribution < 1.29 is 9.53 Å². The number of halogens is 1. The van der Waals surface area contributed by atoms with Crippen molar-refractivity contribution >= 4 is 44.2 Å². The summed E-state index contributed by atoms with van der Waals surface area (Å²) in [6.45, 7) is 5.38. The van der Waals surface area contributed by atoms with Crippen LogP contribution in [0.2, 0.25) is 5.02 Å². The summed E-state index contributed by atoms with van der Waals surface area (Å²) in [5.41, 5.74) is 3.76. The molecule has 0 bridgehead atoms. The molecule has 1 aliphatic rings. The zero-order valence-electron chi connectivity index (χ0n) is 15.4. The molecule has 6 heteroatoms. The molecule has 2 aromatic carbocycles. The Morgan fingerprint density at radius 3 is 2.89 bits per heavy atom. The van der Waals surface area contributed by atoms with E-state index in [1.165, 1.54) is 11.1 Å². The molecule has 4 nitrogen and oxygen atoms in total. The number of rotatable bonds is 4. The average Bonchev–Trinajstić information content (AvgIpc) is 3.29. The van der Waals surface area contributed by atoms with E-state index in [1.807, 2.05) is 12.1 Å². The van der Waals surface area contributed by atoms with Gasteiger partial charge in [0.1, 0.15) is 0 Å². The number of carbonyl (C=O) groups is 1. The van der Waals surface area contributed by atoms with Gasteiger partial charge < -0.3 is 4.74 Å². The van der Waals surface area contributed by atoms with E-state index in [4.69, 9.17) is 21.3 Å². The van der Waals surface area contributed by atoms with Gasteiger partial charge in [-0.2, -0.15) is 0 Å². The van der Waals surface area contributed by atoms with E-state index in [-0.39, 0.29) is 12.0 Å². The number of aryl methyl sites for hydroxylation is 2. The Morgan fingerprint density at radius 2 is 2.15 bits per heavy atom. The molecule has 1 aliphatic heterocycles. The molecule has 3 aromatic rings. The summed E-state index contributed by atoms with van der Waals surface area (Å²) < 4.78 is 6.90. The number of hydrogen-bond acceptors (Lipinski definition) is 4. The number of amides is 1. The lowest BCUT2D eigenvalue weighted by atomic mass is 10.1. The predicted molar refractivity (Wildman–Crippen MR) is 111 cm³/mol. The molecule has 27 heavy (non-hydrogen) atoms. The molecule has 1 aromatic heterocycles. The van der Waals surface area contributed by atoms with Crippen molar-refractivity contribution in [1.82, 2.24) is 4.98 Å². The van der Waals surface area contributed by atoms with E-state index in [0.717, 1.165) is 29.7 Å². The molecular weight excluding hydrogens is 380 g/mol. The predicted octanol–water partition coefficient (Wildman–Crippen LogP) is 5.39. The minimum Gasteiger partial charge on any atom is -0.376 e. The maximum atomic E-state index is 13.3. The number of nitrogens with zero attached hydrogens (tertiary/aromatic N) is 2. The Kier molecular flexibility index (Phi) is 5.17. The molecule has 1 amide bonds. The van der Waals surface area contributed by atoms with Crippen molar-refractivity contribution in [3.8, 4) is 0 Å². The largest absolute Gasteiger partial charge is 0.376 e. The van der Waals surface area contributed by atoms with Gasteiger partial charge in [0, 0.05) is 6.61 Å². The topological polar surface area (TPSA) is 42.4 Å². The van der Waals surface area contributed by atoms with Gasteiger partial charge in [0.15, 0.2) is 5.13 Å². The molecule has 1 atom stereocenters. The Morgan fingerprint density at radius 1 is 1.33 bits per heavy atom. The van der Waals surface area contributed by atoms with Crippen LogP contribution in [0.5, 0.6) is 0 Å². The van der Waals surface area contributed by atoms with E-state index in [9.17, 15) is 4.79 Å². The highest BCUT2D eigenvalue weighted by Gasteiger charge is 2.28. The highest BCUT2D eigenvalue weighted by atomic mass is 35.5. The molecule has 1 unspecified atom stereocenters. The van der Waals surface area contributed by atoms with Crippen molar-refractivity contribution in [3.05, 3.63) is 58.1 Å². The third-order valence-corrected chi connectivity index (χ3v) is 6.36. The summed E-state index contributed by atoms with van der Waals surface area (Å²) in [4.78, 5) is 19.8. The molecule has 0 N–H and O–H groups in total. The highest BCUT2D eigenvalue weighted by molar-refractivity contribution is 7.22. The lowest BCUT2D eigenvalue weighted by Crippen LogP contribution is -2.37. The fourth-order valence-corrected chi connectivity index (χ4v) is 4.74. The number of hydrogen-bond donors (Lipinski definition) is 0. The summed E-state index contributed by atoms with van der Waals surface area (Å²) >= 11 is 7.84. The van der Waals surface area contributed by atoms with Crippen molar-refractivity contribution in [2.45, 2.75) is 32.8 Å². The van der Waals surface area contributed by atoms with E-state index >= 15 is 0 Å². The van der Waals surface area contributed by atoms with Crippen LogP contribution in [0.15, 0.2) is 36.4 Å². The zero-order valence-corrected chi connectivity index (χ0v) is 16.9. The molecule has 4 rings (SSSR count). The zero-order chi connectivity index (χ0) is 19.0. The summed E-state index contributed by atoms with van der Waals surface area (Å²) in [6.07, 6.45) is 2.01. The van der Waals surface area contributed by atoms with Gasteiger partial charge in [-0.1, -0.05) is 41.1 Å². The van der Waals surface area contributed by atoms with Crippen LogP contribution >= 0.6 is 22.9 Å². The van der Waals surface area contributed by atoms with Gasteiger partial charge >= 0.3 is 0 Å². The van der Waals surface area contributed by atoms with E-state index in [1.54, 1.807) is 28.4 Å². The van der Waals surface area contributed by atoms with E-state index in [2.05, 4.69) is 26.0 Å². The smallest absolute Gasteiger partial charge is 0.261 e. The molecule has 1 saturated heterocycles. The lowest BCUT2D eigenvalue weighted by molar-refractivity contribution is 0.0917. The van der Waals surface area contributed by atoms with Crippen LogP contribution in [-0.4, -0.2) is 30.1 Å². The van der Waals surface area contributed by atoms with Crippen molar-refractivity contribution in [1.29, 1.82) is 0 Å². The Bertz CT molecular complexity index is 995. The van der Waals surface area contributed by atoms with Crippen LogP contribution in [0.25, 0.3) is 10.2 Å². The number of carbonyl (C=O) groups excluding carboxylic acids is 1. The number of thiazole rings is 1. The minimum absolute atomic E-state index is 0.0336. The first-order valence-electron chi connectivity index (χ1n) is 9.08. The molecule has 140 valence electrons. The van der Waals surface area contributed by atoms with Crippen molar-refractivity contribution in [2.75, 3.05) is 18.1 Å². The van der Waals surface area contributed by atoms with Gasteiger partial charge in [-0.3, -0.25) is 9.69 Å². The highest BCUT2D eigenvalue weighted by Crippen LogP contribution is 2.34. The van der Waals surface area contributed by atoms with Crippen LogP contribution < -0.4 is 4.90 Å². The van der Waals surface area contributed by atoms with Crippen LogP contribution in [0.1, 0.15) is 34.3 Å². The molecule has 0 saturated carbocycles. The Hall–Kier alpha value is -1.95. The number of ether oxygens (including phenoxy) is 1. The molecule has 0 spiro atoms. The quantitative estimate of drug-likeness (QED) is 0.589. The van der Waals surface area contributed by atoms with Gasteiger partial charge in [0.05, 0.1) is 33.5 Å². The van der Waals surface area contributed by atoms with Crippen LogP contribution in [0.4, 0.5) is 5.13 Å². The number of aromatic nitrogens is 1. The lowest BCUT2D eigenvalue weighted by Gasteiger charge is -2.23. The normalized spacial score (nSPS) is 16.8. The van der Waals surface area contributed by atoms with Gasteiger partial charge in [-0.15, -0.1) is 0 Å². The second kappa shape index (κ2) is 7.58. The summed E-state index contributed by atoms with van der Waals surface area (Å²) in [6, 6.07) is 11.4. The van der Waals surface area contributed by atoms with Gasteiger partial charge in [-0.25, -0.2) is 4.98 Å². The maximum absolute atomic E-state index is 13.3. The van der Waals surface area contributed by atoms with Gasteiger partial charge in [-0.05, 0) is 56.0 Å². The summed E-state index contributed by atoms with van der Waals surface area (Å²) in [5.74, 6) is -0.135. The Labute approximate surface area is 167 Å². The summed E-state index contributed by atoms with van der Waals surface area (Å²) in [5, 5.41) is 1.15. The SMILES string of the molecule is Cc1cc(C)c2sc(N(CC3CCCO3)C(=O)c3ccccc3Cl)nc2c1. The fourth-order valence-electron chi connectivity index (χ4n) is 3.50. The third kappa shape index (κ3) is 3.72. The number of benzene rings is 2. The number of fused-ring (bicyclic) bond motifs is 1. The Balaban J connectivity index is 1.76. The molecular formula is C21H21ClN2O2S. The van der Waals surface area contributed by atoms with Crippen LogP contribution in [0.3, 0.4) is 0 Å². The molecule has 1 fully saturated rings. The molecule has 0 aliphatic carbocycles. The maximum Gasteiger partial charge on any atom is 0.261 e. The third-order valence-electron chi connectivity index (χ3n) is 4.80. The van der Waals surface area contributed by atoms with Gasteiger partial charge in [0.25, 0.3) is 5.91 Å². The second-order valence-electron chi connectivity index (χ2n) is 6.96. The van der Waals surface area contributed by atoms with Crippen LogP contribution in [-0.2, 0) is 4.74 Å². The van der Waals surface area contributed by atoms with Crippen molar-refractivity contribution in [3.63, 3.8) is 0 Å².